The molecule has 2 aliphatic heterocycles. The first-order chi connectivity index (χ1) is 14.5. The van der Waals surface area contributed by atoms with Crippen LogP contribution in [0.3, 0.4) is 0 Å². The van der Waals surface area contributed by atoms with E-state index in [0.717, 1.165) is 12.8 Å². The van der Waals surface area contributed by atoms with Crippen molar-refractivity contribution in [1.29, 1.82) is 0 Å². The van der Waals surface area contributed by atoms with Crippen molar-refractivity contribution < 1.29 is 33.3 Å². The third kappa shape index (κ3) is 3.43. The molecule has 2 aliphatic rings. The van der Waals surface area contributed by atoms with Gasteiger partial charge < -0.3 is 28.6 Å². The number of furan rings is 1. The van der Waals surface area contributed by atoms with Gasteiger partial charge in [-0.05, 0) is 43.2 Å². The van der Waals surface area contributed by atoms with Crippen molar-refractivity contribution in [2.75, 3.05) is 27.4 Å². The predicted octanol–water partition coefficient (Wildman–Crippen LogP) is 3.05. The first-order valence-corrected chi connectivity index (χ1v) is 9.71. The van der Waals surface area contributed by atoms with E-state index in [9.17, 15) is 14.7 Å². The lowest BCUT2D eigenvalue weighted by Gasteiger charge is -2.29. The van der Waals surface area contributed by atoms with Gasteiger partial charge in [-0.25, -0.2) is 0 Å². The molecular weight excluding hydrogens is 390 g/mol. The highest BCUT2D eigenvalue weighted by atomic mass is 16.5. The van der Waals surface area contributed by atoms with Crippen molar-refractivity contribution in [2.24, 2.45) is 0 Å². The number of carbonyl (C=O) groups excluding carboxylic acids is 2. The number of aliphatic hydroxyl groups excluding tert-OH is 1. The normalized spacial score (nSPS) is 21.4. The number of ether oxygens (including phenoxy) is 3. The summed E-state index contributed by atoms with van der Waals surface area (Å²) in [6, 6.07) is 7.33. The molecule has 158 valence electrons. The van der Waals surface area contributed by atoms with Gasteiger partial charge >= 0.3 is 0 Å². The topological polar surface area (TPSA) is 98.4 Å². The van der Waals surface area contributed by atoms with Gasteiger partial charge in [0, 0.05) is 18.7 Å². The van der Waals surface area contributed by atoms with E-state index in [1.807, 2.05) is 0 Å². The smallest absolute Gasteiger partial charge is 0.290 e. The Bertz CT molecular complexity index is 973. The van der Waals surface area contributed by atoms with Crippen molar-refractivity contribution in [3.63, 3.8) is 0 Å². The first-order valence-electron chi connectivity index (χ1n) is 9.71. The number of benzene rings is 1. The van der Waals surface area contributed by atoms with Crippen LogP contribution in [-0.2, 0) is 9.53 Å². The molecule has 4 rings (SSSR count). The monoisotopic (exact) mass is 413 g/mol. The number of hydrogen-bond donors (Lipinski definition) is 1. The van der Waals surface area contributed by atoms with E-state index in [1.165, 1.54) is 31.4 Å². The van der Waals surface area contributed by atoms with Crippen LogP contribution < -0.4 is 9.47 Å². The Morgan fingerprint density at radius 3 is 2.73 bits per heavy atom. The van der Waals surface area contributed by atoms with Crippen LogP contribution in [0.4, 0.5) is 0 Å². The summed E-state index contributed by atoms with van der Waals surface area (Å²) in [5.41, 5.74) is 0.474. The fourth-order valence-corrected chi connectivity index (χ4v) is 4.00. The molecule has 0 unspecified atom stereocenters. The van der Waals surface area contributed by atoms with Crippen LogP contribution in [0.25, 0.3) is 0 Å². The minimum Gasteiger partial charge on any atom is -0.503 e. The lowest BCUT2D eigenvalue weighted by atomic mass is 9.94. The van der Waals surface area contributed by atoms with Gasteiger partial charge in [-0.3, -0.25) is 9.59 Å². The molecule has 30 heavy (non-hydrogen) atoms. The molecule has 1 N–H and O–H groups in total. The Morgan fingerprint density at radius 2 is 2.10 bits per heavy atom. The second-order valence-electron chi connectivity index (χ2n) is 7.17. The van der Waals surface area contributed by atoms with Gasteiger partial charge in [-0.1, -0.05) is 0 Å². The van der Waals surface area contributed by atoms with Crippen LogP contribution in [0.1, 0.15) is 35.0 Å². The molecule has 1 fully saturated rings. The summed E-state index contributed by atoms with van der Waals surface area (Å²) in [5.74, 6) is -0.748. The molecule has 1 aromatic heterocycles. The number of rotatable bonds is 7. The Balaban J connectivity index is 1.83. The summed E-state index contributed by atoms with van der Waals surface area (Å²) in [7, 11) is 3.03. The standard InChI is InChI=1S/C22H23NO7/c1-27-13-7-8-16(28-2)15(11-13)19-18(20(24)17-6-4-10-30-17)21(25)22(26)23(19)12-14-5-3-9-29-14/h4,6-8,10-11,14,19,25H,3,5,9,12H2,1-2H3/t14-,19+/m1/s1. The van der Waals surface area contributed by atoms with E-state index in [1.54, 1.807) is 24.3 Å². The van der Waals surface area contributed by atoms with Gasteiger partial charge in [0.05, 0.1) is 38.2 Å². The largest absolute Gasteiger partial charge is 0.503 e. The number of Topliss-reactive ketones (excluding diaryl/α,β-unsaturated/α-hetero) is 1. The van der Waals surface area contributed by atoms with E-state index in [-0.39, 0.29) is 24.0 Å². The Morgan fingerprint density at radius 1 is 1.27 bits per heavy atom. The Kier molecular flexibility index (Phi) is 5.50. The van der Waals surface area contributed by atoms with E-state index in [0.29, 0.717) is 23.7 Å². The number of carbonyl (C=O) groups is 2. The van der Waals surface area contributed by atoms with E-state index < -0.39 is 23.5 Å². The fourth-order valence-electron chi connectivity index (χ4n) is 4.00. The average molecular weight is 413 g/mol. The molecular formula is C22H23NO7. The fraction of sp³-hybridized carbons (Fsp3) is 0.364. The van der Waals surface area contributed by atoms with Gasteiger partial charge in [0.1, 0.15) is 11.5 Å². The number of amides is 1. The zero-order valence-electron chi connectivity index (χ0n) is 16.8. The molecule has 0 spiro atoms. The quantitative estimate of drug-likeness (QED) is 0.697. The molecule has 8 nitrogen and oxygen atoms in total. The van der Waals surface area contributed by atoms with E-state index >= 15 is 0 Å². The third-order valence-corrected chi connectivity index (χ3v) is 5.45. The third-order valence-electron chi connectivity index (χ3n) is 5.45. The average Bonchev–Trinajstić information content (AvgIpc) is 3.52. The molecule has 2 aromatic rings. The highest BCUT2D eigenvalue weighted by Gasteiger charge is 2.46. The van der Waals surface area contributed by atoms with Crippen molar-refractivity contribution in [3.8, 4) is 11.5 Å². The summed E-state index contributed by atoms with van der Waals surface area (Å²) in [4.78, 5) is 27.7. The van der Waals surface area contributed by atoms with Crippen LogP contribution >= 0.6 is 0 Å². The SMILES string of the molecule is COc1ccc(OC)c([C@H]2C(C(=O)c3ccco3)=C(O)C(=O)N2C[C@H]2CCCO2)c1. The van der Waals surface area contributed by atoms with Crippen molar-refractivity contribution in [3.05, 3.63) is 59.3 Å². The lowest BCUT2D eigenvalue weighted by Crippen LogP contribution is -2.37. The predicted molar refractivity (Wildman–Crippen MR) is 106 cm³/mol. The number of hydrogen-bond acceptors (Lipinski definition) is 7. The molecule has 0 saturated carbocycles. The van der Waals surface area contributed by atoms with Gasteiger partial charge in [-0.15, -0.1) is 0 Å². The molecule has 1 aromatic carbocycles. The molecule has 1 amide bonds. The molecule has 8 heteroatoms. The summed E-state index contributed by atoms with van der Waals surface area (Å²) in [6.45, 7) is 0.861. The Hall–Kier alpha value is -3.26. The zero-order chi connectivity index (χ0) is 21.3. The van der Waals surface area contributed by atoms with Crippen molar-refractivity contribution in [2.45, 2.75) is 25.0 Å². The van der Waals surface area contributed by atoms with Gasteiger partial charge in [0.2, 0.25) is 5.78 Å². The highest BCUT2D eigenvalue weighted by molar-refractivity contribution is 6.15. The van der Waals surface area contributed by atoms with Crippen LogP contribution in [-0.4, -0.2) is 55.2 Å². The second-order valence-corrected chi connectivity index (χ2v) is 7.17. The van der Waals surface area contributed by atoms with Gasteiger partial charge in [0.15, 0.2) is 11.5 Å². The van der Waals surface area contributed by atoms with E-state index in [4.69, 9.17) is 18.6 Å². The summed E-state index contributed by atoms with van der Waals surface area (Å²) in [6.07, 6.45) is 2.90. The molecule has 3 heterocycles. The first kappa shape index (κ1) is 20.0. The maximum atomic E-state index is 13.2. The Labute approximate surface area is 173 Å². The maximum absolute atomic E-state index is 13.2. The van der Waals surface area contributed by atoms with Crippen molar-refractivity contribution in [1.82, 2.24) is 4.90 Å². The minimum absolute atomic E-state index is 0.0372. The molecule has 0 aliphatic carbocycles. The molecule has 0 radical (unpaired) electrons. The lowest BCUT2D eigenvalue weighted by molar-refractivity contribution is -0.131. The number of methoxy groups -OCH3 is 2. The number of aliphatic hydroxyl groups is 1. The second kappa shape index (κ2) is 8.23. The molecule has 2 atom stereocenters. The summed E-state index contributed by atoms with van der Waals surface area (Å²) < 4.78 is 21.8. The molecule has 1 saturated heterocycles. The van der Waals surface area contributed by atoms with Crippen LogP contribution in [0.5, 0.6) is 11.5 Å². The summed E-state index contributed by atoms with van der Waals surface area (Å²) in [5, 5.41) is 10.7. The van der Waals surface area contributed by atoms with Crippen LogP contribution in [0, 0.1) is 0 Å². The highest BCUT2D eigenvalue weighted by Crippen LogP contribution is 2.44. The van der Waals surface area contributed by atoms with Gasteiger partial charge in [-0.2, -0.15) is 0 Å². The molecule has 0 bridgehead atoms. The van der Waals surface area contributed by atoms with Crippen molar-refractivity contribution >= 4 is 11.7 Å². The van der Waals surface area contributed by atoms with E-state index in [2.05, 4.69) is 0 Å². The maximum Gasteiger partial charge on any atom is 0.290 e. The summed E-state index contributed by atoms with van der Waals surface area (Å²) >= 11 is 0. The zero-order valence-corrected chi connectivity index (χ0v) is 16.8. The number of nitrogens with zero attached hydrogens (tertiary/aromatic N) is 1. The van der Waals surface area contributed by atoms with Gasteiger partial charge in [0.25, 0.3) is 5.91 Å². The van der Waals surface area contributed by atoms with Crippen LogP contribution in [0.15, 0.2) is 52.3 Å². The van der Waals surface area contributed by atoms with Crippen LogP contribution in [0.2, 0.25) is 0 Å². The number of ketones is 1. The minimum atomic E-state index is -0.871.